The number of rotatable bonds is 4. The van der Waals surface area contributed by atoms with Crippen molar-refractivity contribution in [3.8, 4) is 0 Å². The summed E-state index contributed by atoms with van der Waals surface area (Å²) in [6.07, 6.45) is 1.18. The molecule has 2 aromatic carbocycles. The highest BCUT2D eigenvalue weighted by molar-refractivity contribution is 5.83. The standard InChI is InChI=1S/C15H18O2/c1-15(17,9-4-10-16)14-8-7-12-5-2-3-6-13(12)11-14/h2-3,5-8,11,16-17H,4,9-10H2,1H3. The van der Waals surface area contributed by atoms with Crippen LogP contribution in [0, 0.1) is 0 Å². The summed E-state index contributed by atoms with van der Waals surface area (Å²) >= 11 is 0. The molecule has 0 saturated carbocycles. The third-order valence-electron chi connectivity index (χ3n) is 3.19. The maximum Gasteiger partial charge on any atom is 0.0869 e. The van der Waals surface area contributed by atoms with E-state index in [2.05, 4.69) is 6.07 Å². The van der Waals surface area contributed by atoms with Gasteiger partial charge in [-0.25, -0.2) is 0 Å². The highest BCUT2D eigenvalue weighted by Gasteiger charge is 2.22. The maximum absolute atomic E-state index is 10.4. The third kappa shape index (κ3) is 2.65. The lowest BCUT2D eigenvalue weighted by molar-refractivity contribution is 0.0405. The smallest absolute Gasteiger partial charge is 0.0869 e. The van der Waals surface area contributed by atoms with Gasteiger partial charge in [0.25, 0.3) is 0 Å². The van der Waals surface area contributed by atoms with Gasteiger partial charge >= 0.3 is 0 Å². The van der Waals surface area contributed by atoms with E-state index >= 15 is 0 Å². The van der Waals surface area contributed by atoms with Crippen LogP contribution in [0.1, 0.15) is 25.3 Å². The molecule has 0 radical (unpaired) electrons. The molecule has 1 atom stereocenters. The van der Waals surface area contributed by atoms with Crippen molar-refractivity contribution in [1.29, 1.82) is 0 Å². The van der Waals surface area contributed by atoms with Gasteiger partial charge in [-0.15, -0.1) is 0 Å². The van der Waals surface area contributed by atoms with Crippen LogP contribution in [0.2, 0.25) is 0 Å². The largest absolute Gasteiger partial charge is 0.396 e. The van der Waals surface area contributed by atoms with Crippen molar-refractivity contribution in [1.82, 2.24) is 0 Å². The van der Waals surface area contributed by atoms with Crippen LogP contribution in [0.3, 0.4) is 0 Å². The zero-order valence-electron chi connectivity index (χ0n) is 10.1. The number of hydrogen-bond acceptors (Lipinski definition) is 2. The topological polar surface area (TPSA) is 40.5 Å². The molecule has 0 aliphatic carbocycles. The minimum absolute atomic E-state index is 0.115. The molecule has 0 fully saturated rings. The minimum Gasteiger partial charge on any atom is -0.396 e. The van der Waals surface area contributed by atoms with Crippen molar-refractivity contribution in [2.75, 3.05) is 6.61 Å². The maximum atomic E-state index is 10.4. The van der Waals surface area contributed by atoms with E-state index in [1.54, 1.807) is 6.92 Å². The molecule has 0 aliphatic heterocycles. The quantitative estimate of drug-likeness (QED) is 0.848. The van der Waals surface area contributed by atoms with Crippen LogP contribution < -0.4 is 0 Å². The van der Waals surface area contributed by atoms with Crippen LogP contribution in [-0.4, -0.2) is 16.8 Å². The van der Waals surface area contributed by atoms with Gasteiger partial charge in [-0.1, -0.05) is 36.4 Å². The Labute approximate surface area is 102 Å². The Balaban J connectivity index is 2.35. The first-order valence-corrected chi connectivity index (χ1v) is 5.96. The van der Waals surface area contributed by atoms with Gasteiger partial charge < -0.3 is 10.2 Å². The molecule has 0 aromatic heterocycles. The van der Waals surface area contributed by atoms with Gasteiger partial charge in [0.15, 0.2) is 0 Å². The van der Waals surface area contributed by atoms with Gasteiger partial charge in [-0.3, -0.25) is 0 Å². The predicted octanol–water partition coefficient (Wildman–Crippen LogP) is 2.82. The minimum atomic E-state index is -0.868. The van der Waals surface area contributed by atoms with Crippen molar-refractivity contribution < 1.29 is 10.2 Å². The summed E-state index contributed by atoms with van der Waals surface area (Å²) in [6.45, 7) is 1.91. The van der Waals surface area contributed by atoms with Gasteiger partial charge in [0, 0.05) is 6.61 Å². The van der Waals surface area contributed by atoms with Crippen molar-refractivity contribution in [3.63, 3.8) is 0 Å². The van der Waals surface area contributed by atoms with Crippen LogP contribution in [-0.2, 0) is 5.60 Å². The van der Waals surface area contributed by atoms with E-state index in [4.69, 9.17) is 5.11 Å². The van der Waals surface area contributed by atoms with Crippen molar-refractivity contribution in [2.24, 2.45) is 0 Å². The van der Waals surface area contributed by atoms with Crippen LogP contribution in [0.25, 0.3) is 10.8 Å². The normalized spacial score (nSPS) is 14.8. The Bertz CT molecular complexity index is 503. The summed E-state index contributed by atoms with van der Waals surface area (Å²) in [5, 5.41) is 21.5. The zero-order valence-corrected chi connectivity index (χ0v) is 10.1. The highest BCUT2D eigenvalue weighted by Crippen LogP contribution is 2.28. The van der Waals surface area contributed by atoms with Gasteiger partial charge in [-0.05, 0) is 42.2 Å². The fourth-order valence-corrected chi connectivity index (χ4v) is 2.09. The Hall–Kier alpha value is -1.38. The number of aliphatic hydroxyl groups is 2. The van der Waals surface area contributed by atoms with Crippen molar-refractivity contribution in [2.45, 2.75) is 25.4 Å². The predicted molar refractivity (Wildman–Crippen MR) is 69.8 cm³/mol. The number of hydrogen-bond donors (Lipinski definition) is 2. The van der Waals surface area contributed by atoms with E-state index in [9.17, 15) is 5.11 Å². The molecule has 0 amide bonds. The SMILES string of the molecule is CC(O)(CCCO)c1ccc2ccccc2c1. The fraction of sp³-hybridized carbons (Fsp3) is 0.333. The molecule has 90 valence electrons. The lowest BCUT2D eigenvalue weighted by Gasteiger charge is -2.24. The molecule has 0 aliphatic rings. The van der Waals surface area contributed by atoms with E-state index in [1.165, 1.54) is 5.39 Å². The zero-order chi connectivity index (χ0) is 12.3. The molecule has 2 rings (SSSR count). The second-order valence-corrected chi connectivity index (χ2v) is 4.66. The van der Waals surface area contributed by atoms with Crippen LogP contribution in [0.15, 0.2) is 42.5 Å². The Morgan fingerprint density at radius 2 is 1.76 bits per heavy atom. The van der Waals surface area contributed by atoms with E-state index in [-0.39, 0.29) is 6.61 Å². The molecule has 0 spiro atoms. The van der Waals surface area contributed by atoms with Crippen LogP contribution in [0.4, 0.5) is 0 Å². The molecular weight excluding hydrogens is 212 g/mol. The van der Waals surface area contributed by atoms with E-state index in [0.717, 1.165) is 10.9 Å². The summed E-state index contributed by atoms with van der Waals surface area (Å²) in [4.78, 5) is 0. The summed E-state index contributed by atoms with van der Waals surface area (Å²) in [7, 11) is 0. The number of fused-ring (bicyclic) bond motifs is 1. The third-order valence-corrected chi connectivity index (χ3v) is 3.19. The van der Waals surface area contributed by atoms with Crippen LogP contribution in [0.5, 0.6) is 0 Å². The summed E-state index contributed by atoms with van der Waals surface area (Å²) < 4.78 is 0. The van der Waals surface area contributed by atoms with E-state index in [0.29, 0.717) is 12.8 Å². The number of aliphatic hydroxyl groups excluding tert-OH is 1. The molecule has 0 bridgehead atoms. The van der Waals surface area contributed by atoms with Crippen LogP contribution >= 0.6 is 0 Å². The van der Waals surface area contributed by atoms with E-state index < -0.39 is 5.60 Å². The fourth-order valence-electron chi connectivity index (χ4n) is 2.09. The lowest BCUT2D eigenvalue weighted by atomic mass is 9.90. The van der Waals surface area contributed by atoms with Gasteiger partial charge in [0.1, 0.15) is 0 Å². The molecular formula is C15H18O2. The molecule has 0 saturated heterocycles. The molecule has 2 N–H and O–H groups in total. The Morgan fingerprint density at radius 1 is 1.06 bits per heavy atom. The highest BCUT2D eigenvalue weighted by atomic mass is 16.3. The van der Waals surface area contributed by atoms with E-state index in [1.807, 2.05) is 36.4 Å². The number of benzene rings is 2. The van der Waals surface area contributed by atoms with Crippen molar-refractivity contribution >= 4 is 10.8 Å². The van der Waals surface area contributed by atoms with Crippen molar-refractivity contribution in [3.05, 3.63) is 48.0 Å². The van der Waals surface area contributed by atoms with Gasteiger partial charge in [0.2, 0.25) is 0 Å². The summed E-state index contributed by atoms with van der Waals surface area (Å²) in [6, 6.07) is 14.1. The molecule has 2 nitrogen and oxygen atoms in total. The molecule has 2 aromatic rings. The second-order valence-electron chi connectivity index (χ2n) is 4.66. The summed E-state index contributed by atoms with van der Waals surface area (Å²) in [5.74, 6) is 0. The monoisotopic (exact) mass is 230 g/mol. The summed E-state index contributed by atoms with van der Waals surface area (Å²) in [5.41, 5.74) is 0.0388. The first-order valence-electron chi connectivity index (χ1n) is 5.96. The second kappa shape index (κ2) is 4.86. The molecule has 17 heavy (non-hydrogen) atoms. The first-order chi connectivity index (χ1) is 8.13. The Morgan fingerprint density at radius 3 is 2.47 bits per heavy atom. The molecule has 0 heterocycles. The average molecular weight is 230 g/mol. The average Bonchev–Trinajstić information content (AvgIpc) is 2.36. The lowest BCUT2D eigenvalue weighted by Crippen LogP contribution is -2.21. The Kier molecular flexibility index (Phi) is 3.46. The van der Waals surface area contributed by atoms with Gasteiger partial charge in [0.05, 0.1) is 5.60 Å². The molecule has 1 unspecified atom stereocenters. The first kappa shape index (κ1) is 12.1. The molecule has 2 heteroatoms. The van der Waals surface area contributed by atoms with Gasteiger partial charge in [-0.2, -0.15) is 0 Å².